The zero-order valence-electron chi connectivity index (χ0n) is 9.39. The normalized spacial score (nSPS) is 8.43. The van der Waals surface area contributed by atoms with E-state index in [9.17, 15) is 0 Å². The number of fused-ring (bicyclic) bond motifs is 1. The first-order valence-corrected chi connectivity index (χ1v) is 3.90. The number of hydrogen-bond acceptors (Lipinski definition) is 0. The Labute approximate surface area is 106 Å². The first-order chi connectivity index (χ1) is 5.27. The van der Waals surface area contributed by atoms with E-state index in [1.54, 1.807) is 0 Å². The van der Waals surface area contributed by atoms with E-state index in [-0.39, 0.29) is 40.7 Å². The van der Waals surface area contributed by atoms with Gasteiger partial charge in [0, 0.05) is 25.8 Å². The minimum Gasteiger partial charge on any atom is -0.358 e. The summed E-state index contributed by atoms with van der Waals surface area (Å²) in [5.74, 6) is 0. The fourth-order valence-electron chi connectivity index (χ4n) is 1.54. The summed E-state index contributed by atoms with van der Waals surface area (Å²) in [7, 11) is 0. The third-order valence-electron chi connectivity index (χ3n) is 2.11. The molecule has 0 aliphatic carbocycles. The maximum absolute atomic E-state index is 2.24. The van der Waals surface area contributed by atoms with Gasteiger partial charge in [0.2, 0.25) is 0 Å². The van der Waals surface area contributed by atoms with Crippen molar-refractivity contribution < 1.29 is 25.8 Å². The maximum Gasteiger partial charge on any atom is 0 e. The molecule has 0 aliphatic rings. The quantitative estimate of drug-likeness (QED) is 0.496. The summed E-state index contributed by atoms with van der Waals surface area (Å²) in [4.78, 5) is 0. The molecular weight excluding hydrogens is 335 g/mol. The van der Waals surface area contributed by atoms with Gasteiger partial charge < -0.3 is 14.9 Å². The van der Waals surface area contributed by atoms with Crippen LogP contribution in [0.15, 0.2) is 30.3 Å². The molecule has 0 radical (unpaired) electrons. The minimum atomic E-state index is 0. The van der Waals surface area contributed by atoms with Gasteiger partial charge >= 0.3 is 0 Å². The van der Waals surface area contributed by atoms with Crippen LogP contribution in [0.3, 0.4) is 0 Å². The topological polar surface area (TPSA) is 0 Å². The average molecular weight is 352 g/mol. The molecule has 0 spiro atoms. The Bertz CT molecular complexity index is 385. The second-order valence-corrected chi connectivity index (χ2v) is 3.11. The van der Waals surface area contributed by atoms with Crippen LogP contribution in [0.25, 0.3) is 10.8 Å². The minimum absolute atomic E-state index is 0. The van der Waals surface area contributed by atoms with Gasteiger partial charge in [0.1, 0.15) is 0 Å². The maximum atomic E-state index is 2.24. The summed E-state index contributed by atoms with van der Waals surface area (Å²) in [5, 5.41) is 2.76. The molecule has 0 aliphatic heterocycles. The van der Waals surface area contributed by atoms with E-state index in [4.69, 9.17) is 0 Å². The van der Waals surface area contributed by atoms with Crippen molar-refractivity contribution in [1.29, 1.82) is 0 Å². The molecule has 14 heavy (non-hydrogen) atoms. The second kappa shape index (κ2) is 6.23. The van der Waals surface area contributed by atoms with Crippen molar-refractivity contribution in [3.8, 4) is 0 Å². The zero-order chi connectivity index (χ0) is 7.84. The van der Waals surface area contributed by atoms with Crippen molar-refractivity contribution >= 4 is 10.8 Å². The molecule has 2 aromatic carbocycles. The van der Waals surface area contributed by atoms with E-state index in [1.807, 2.05) is 0 Å². The molecule has 0 nitrogen and oxygen atoms in total. The third-order valence-corrected chi connectivity index (χ3v) is 2.11. The molecular formula is C13H17Hf-3. The van der Waals surface area contributed by atoms with Gasteiger partial charge in [-0.25, -0.2) is 0 Å². The standard InChI is InChI=1S/C11H11.2CH3.Hf/c1-8-6-10-5-3-4-9(2)11(10)7-8;;;/h3-7H,1-2H3;2*1H3;/q3*-1;. The summed E-state index contributed by atoms with van der Waals surface area (Å²) in [6, 6.07) is 10.9. The number of rotatable bonds is 0. The van der Waals surface area contributed by atoms with Crippen molar-refractivity contribution in [3.63, 3.8) is 0 Å². The molecule has 0 N–H and O–H groups in total. The van der Waals surface area contributed by atoms with E-state index in [2.05, 4.69) is 44.2 Å². The van der Waals surface area contributed by atoms with Crippen LogP contribution in [-0.2, 0) is 25.8 Å². The molecule has 0 bridgehead atoms. The Balaban J connectivity index is 0. The van der Waals surface area contributed by atoms with Gasteiger partial charge in [-0.05, 0) is 6.92 Å². The predicted octanol–water partition coefficient (Wildman–Crippen LogP) is 4.07. The molecule has 2 aromatic rings. The van der Waals surface area contributed by atoms with E-state index in [1.165, 1.54) is 21.9 Å². The summed E-state index contributed by atoms with van der Waals surface area (Å²) < 4.78 is 0. The second-order valence-electron chi connectivity index (χ2n) is 3.11. The molecule has 0 saturated heterocycles. The van der Waals surface area contributed by atoms with Crippen molar-refractivity contribution in [3.05, 3.63) is 56.3 Å². The van der Waals surface area contributed by atoms with Crippen LogP contribution in [0, 0.1) is 28.7 Å². The van der Waals surface area contributed by atoms with Crippen molar-refractivity contribution in [1.82, 2.24) is 0 Å². The molecule has 0 aromatic heterocycles. The molecule has 0 saturated carbocycles. The van der Waals surface area contributed by atoms with E-state index in [0.29, 0.717) is 0 Å². The number of aryl methyl sites for hydroxylation is 2. The van der Waals surface area contributed by atoms with Gasteiger partial charge in [-0.3, -0.25) is 0 Å². The molecule has 0 unspecified atom stereocenters. The molecule has 0 atom stereocenters. The summed E-state index contributed by atoms with van der Waals surface area (Å²) >= 11 is 0. The van der Waals surface area contributed by atoms with Crippen LogP contribution in [-0.4, -0.2) is 0 Å². The Hall–Kier alpha value is -0.300. The Morgan fingerprint density at radius 3 is 2.29 bits per heavy atom. The Morgan fingerprint density at radius 2 is 1.71 bits per heavy atom. The van der Waals surface area contributed by atoms with Crippen molar-refractivity contribution in [2.45, 2.75) is 13.8 Å². The zero-order valence-corrected chi connectivity index (χ0v) is 13.0. The van der Waals surface area contributed by atoms with Crippen LogP contribution in [0.2, 0.25) is 0 Å². The van der Waals surface area contributed by atoms with Gasteiger partial charge in [0.05, 0.1) is 0 Å². The summed E-state index contributed by atoms with van der Waals surface area (Å²) in [5.41, 5.74) is 2.73. The SMILES string of the molecule is Cc1cc2c(C)cccc2[cH-]1.[CH3-].[CH3-].[Hf]. The van der Waals surface area contributed by atoms with Gasteiger partial charge in [-0.15, -0.1) is 34.5 Å². The number of benzene rings is 1. The molecule has 1 heteroatoms. The van der Waals surface area contributed by atoms with Gasteiger partial charge in [-0.2, -0.15) is 6.07 Å². The average Bonchev–Trinajstić information content (AvgIpc) is 2.31. The van der Waals surface area contributed by atoms with E-state index < -0.39 is 0 Å². The van der Waals surface area contributed by atoms with Crippen LogP contribution in [0.4, 0.5) is 0 Å². The Kier molecular flexibility index (Phi) is 7.19. The molecule has 0 fully saturated rings. The number of hydrogen-bond donors (Lipinski definition) is 0. The van der Waals surface area contributed by atoms with Crippen molar-refractivity contribution in [2.75, 3.05) is 0 Å². The van der Waals surface area contributed by atoms with Gasteiger partial charge in [0.15, 0.2) is 0 Å². The first kappa shape index (κ1) is 16.1. The molecule has 0 heterocycles. The van der Waals surface area contributed by atoms with E-state index >= 15 is 0 Å². The van der Waals surface area contributed by atoms with Crippen LogP contribution in [0.5, 0.6) is 0 Å². The molecule has 0 amide bonds. The predicted molar refractivity (Wildman–Crippen MR) is 61.8 cm³/mol. The third kappa shape index (κ3) is 2.84. The smallest absolute Gasteiger partial charge is 0 e. The van der Waals surface area contributed by atoms with Crippen LogP contribution < -0.4 is 0 Å². The largest absolute Gasteiger partial charge is 0.358 e. The monoisotopic (exact) mass is 353 g/mol. The summed E-state index contributed by atoms with van der Waals surface area (Å²) in [6.07, 6.45) is 0. The fourth-order valence-corrected chi connectivity index (χ4v) is 1.54. The van der Waals surface area contributed by atoms with Crippen molar-refractivity contribution in [2.24, 2.45) is 0 Å². The van der Waals surface area contributed by atoms with Crippen LogP contribution in [0.1, 0.15) is 11.1 Å². The van der Waals surface area contributed by atoms with Gasteiger partial charge in [-0.1, -0.05) is 18.6 Å². The molecule has 2 rings (SSSR count). The first-order valence-electron chi connectivity index (χ1n) is 3.90. The molecule has 76 valence electrons. The summed E-state index contributed by atoms with van der Waals surface area (Å²) in [6.45, 7) is 4.29. The fraction of sp³-hybridized carbons (Fsp3) is 0.154. The van der Waals surface area contributed by atoms with Gasteiger partial charge in [0.25, 0.3) is 0 Å². The van der Waals surface area contributed by atoms with E-state index in [0.717, 1.165) is 0 Å². The van der Waals surface area contributed by atoms with Crippen LogP contribution >= 0.6 is 0 Å². The Morgan fingerprint density at radius 1 is 1.07 bits per heavy atom.